The van der Waals surface area contributed by atoms with Crippen LogP contribution in [0, 0.1) is 0 Å². The molecule has 1 atom stereocenters. The highest BCUT2D eigenvalue weighted by Crippen LogP contribution is 2.21. The average molecular weight is 418 g/mol. The summed E-state index contributed by atoms with van der Waals surface area (Å²) in [5.41, 5.74) is 0.749. The van der Waals surface area contributed by atoms with E-state index in [1.54, 1.807) is 39.0 Å². The first-order valence-corrected chi connectivity index (χ1v) is 9.82. The topological polar surface area (TPSA) is 134 Å². The van der Waals surface area contributed by atoms with E-state index >= 15 is 0 Å². The molecule has 2 aromatic rings. The predicted molar refractivity (Wildman–Crippen MR) is 109 cm³/mol. The number of aromatic amines is 1. The number of carbonyl (C=O) groups excluding carboxylic acids is 3. The van der Waals surface area contributed by atoms with Crippen molar-refractivity contribution in [2.75, 3.05) is 18.4 Å². The lowest BCUT2D eigenvalue weighted by Gasteiger charge is -2.28. The van der Waals surface area contributed by atoms with Crippen LogP contribution in [0.25, 0.3) is 11.1 Å². The SMILES string of the molecule is CC(C)(C)OC(=O)N1CCCC1C(=O)NCCC(=O)Nc1ccc2oc(=O)[nH]c2c1. The van der Waals surface area contributed by atoms with Gasteiger partial charge in [-0.25, -0.2) is 9.59 Å². The zero-order chi connectivity index (χ0) is 21.9. The van der Waals surface area contributed by atoms with Crippen molar-refractivity contribution in [3.05, 3.63) is 28.7 Å². The van der Waals surface area contributed by atoms with E-state index in [-0.39, 0.29) is 24.8 Å². The van der Waals surface area contributed by atoms with E-state index in [9.17, 15) is 19.2 Å². The van der Waals surface area contributed by atoms with Crippen molar-refractivity contribution in [3.8, 4) is 0 Å². The Kier molecular flexibility index (Phi) is 6.14. The summed E-state index contributed by atoms with van der Waals surface area (Å²) in [6.45, 7) is 5.92. The number of nitrogens with one attached hydrogen (secondary N) is 3. The average Bonchev–Trinajstić information content (AvgIpc) is 3.25. The summed E-state index contributed by atoms with van der Waals surface area (Å²) in [4.78, 5) is 52.0. The van der Waals surface area contributed by atoms with Gasteiger partial charge in [-0.1, -0.05) is 0 Å². The first kappa shape index (κ1) is 21.4. The first-order valence-electron chi connectivity index (χ1n) is 9.82. The molecule has 30 heavy (non-hydrogen) atoms. The van der Waals surface area contributed by atoms with Gasteiger partial charge in [0.05, 0.1) is 5.52 Å². The Morgan fingerprint density at radius 1 is 1.30 bits per heavy atom. The van der Waals surface area contributed by atoms with Crippen LogP contribution in [0.1, 0.15) is 40.0 Å². The molecule has 1 aromatic heterocycles. The fourth-order valence-corrected chi connectivity index (χ4v) is 3.25. The Morgan fingerprint density at radius 2 is 2.07 bits per heavy atom. The van der Waals surface area contributed by atoms with Gasteiger partial charge in [-0.2, -0.15) is 0 Å². The van der Waals surface area contributed by atoms with Gasteiger partial charge in [0.1, 0.15) is 11.6 Å². The van der Waals surface area contributed by atoms with E-state index in [1.807, 2.05) is 0 Å². The number of carbonyl (C=O) groups is 3. The molecule has 3 N–H and O–H groups in total. The minimum atomic E-state index is -0.634. The van der Waals surface area contributed by atoms with E-state index in [1.165, 1.54) is 4.90 Å². The second-order valence-corrected chi connectivity index (χ2v) is 8.15. The Balaban J connectivity index is 1.47. The van der Waals surface area contributed by atoms with Crippen LogP contribution < -0.4 is 16.4 Å². The van der Waals surface area contributed by atoms with Crippen LogP contribution in [0.3, 0.4) is 0 Å². The number of aromatic nitrogens is 1. The number of anilines is 1. The number of hydrogen-bond acceptors (Lipinski definition) is 6. The standard InChI is InChI=1S/C20H26N4O6/c1-20(2,3)30-19(28)24-10-4-5-14(24)17(26)21-9-8-16(25)22-12-6-7-15-13(11-12)23-18(27)29-15/h6-7,11,14H,4-5,8-10H2,1-3H3,(H,21,26)(H,22,25)(H,23,27). The van der Waals surface area contributed by atoms with Crippen molar-refractivity contribution in [1.82, 2.24) is 15.2 Å². The molecule has 10 nitrogen and oxygen atoms in total. The third kappa shape index (κ3) is 5.40. The zero-order valence-electron chi connectivity index (χ0n) is 17.2. The molecule has 0 radical (unpaired) electrons. The van der Waals surface area contributed by atoms with Gasteiger partial charge in [0.2, 0.25) is 11.8 Å². The lowest BCUT2D eigenvalue weighted by Crippen LogP contribution is -2.47. The van der Waals surface area contributed by atoms with Gasteiger partial charge in [0.15, 0.2) is 5.58 Å². The van der Waals surface area contributed by atoms with E-state index in [2.05, 4.69) is 15.6 Å². The molecular weight excluding hydrogens is 392 g/mol. The van der Waals surface area contributed by atoms with Crippen molar-refractivity contribution in [2.45, 2.75) is 51.7 Å². The summed E-state index contributed by atoms with van der Waals surface area (Å²) in [7, 11) is 0. The van der Waals surface area contributed by atoms with Crippen molar-refractivity contribution in [1.29, 1.82) is 0 Å². The van der Waals surface area contributed by atoms with E-state index in [4.69, 9.17) is 9.15 Å². The van der Waals surface area contributed by atoms with Crippen LogP contribution in [0.4, 0.5) is 10.5 Å². The lowest BCUT2D eigenvalue weighted by atomic mass is 10.2. The molecule has 1 aromatic carbocycles. The maximum absolute atomic E-state index is 12.5. The largest absolute Gasteiger partial charge is 0.444 e. The molecule has 1 fully saturated rings. The summed E-state index contributed by atoms with van der Waals surface area (Å²) in [6, 6.07) is 4.19. The monoisotopic (exact) mass is 418 g/mol. The van der Waals surface area contributed by atoms with Gasteiger partial charge in [0, 0.05) is 25.2 Å². The summed E-state index contributed by atoms with van der Waals surface area (Å²) < 4.78 is 10.3. The molecule has 1 aliphatic heterocycles. The van der Waals surface area contributed by atoms with Gasteiger partial charge >= 0.3 is 11.8 Å². The number of nitrogens with zero attached hydrogens (tertiary/aromatic N) is 1. The lowest BCUT2D eigenvalue weighted by molar-refractivity contribution is -0.125. The van der Waals surface area contributed by atoms with Crippen molar-refractivity contribution < 1.29 is 23.5 Å². The number of H-pyrrole nitrogens is 1. The smallest absolute Gasteiger partial charge is 0.417 e. The molecule has 3 rings (SSSR count). The Hall–Kier alpha value is -3.30. The third-order valence-electron chi connectivity index (χ3n) is 4.54. The fraction of sp³-hybridized carbons (Fsp3) is 0.500. The second-order valence-electron chi connectivity index (χ2n) is 8.15. The molecule has 10 heteroatoms. The maximum atomic E-state index is 12.5. The Morgan fingerprint density at radius 3 is 2.80 bits per heavy atom. The molecule has 1 unspecified atom stereocenters. The number of oxazole rings is 1. The molecule has 0 spiro atoms. The normalized spacial score (nSPS) is 16.5. The van der Waals surface area contributed by atoms with Crippen LogP contribution >= 0.6 is 0 Å². The highest BCUT2D eigenvalue weighted by atomic mass is 16.6. The number of likely N-dealkylation sites (tertiary alicyclic amines) is 1. The first-order chi connectivity index (χ1) is 14.1. The number of benzene rings is 1. The van der Waals surface area contributed by atoms with Crippen LogP contribution in [0.15, 0.2) is 27.4 Å². The molecule has 162 valence electrons. The van der Waals surface area contributed by atoms with Gasteiger partial charge < -0.3 is 19.8 Å². The second kappa shape index (κ2) is 8.60. The van der Waals surface area contributed by atoms with Gasteiger partial charge in [-0.15, -0.1) is 0 Å². The molecule has 1 saturated heterocycles. The van der Waals surface area contributed by atoms with E-state index in [0.717, 1.165) is 6.42 Å². The third-order valence-corrected chi connectivity index (χ3v) is 4.54. The van der Waals surface area contributed by atoms with Crippen LogP contribution in [-0.2, 0) is 14.3 Å². The van der Waals surface area contributed by atoms with Crippen molar-refractivity contribution in [3.63, 3.8) is 0 Å². The van der Waals surface area contributed by atoms with Crippen molar-refractivity contribution >= 4 is 34.7 Å². The van der Waals surface area contributed by atoms with Crippen LogP contribution in [-0.4, -0.2) is 52.5 Å². The number of rotatable bonds is 5. The van der Waals surface area contributed by atoms with E-state index in [0.29, 0.717) is 29.8 Å². The zero-order valence-corrected chi connectivity index (χ0v) is 17.2. The highest BCUT2D eigenvalue weighted by molar-refractivity contribution is 5.93. The summed E-state index contributed by atoms with van der Waals surface area (Å²) in [6.07, 6.45) is 0.826. The molecule has 2 heterocycles. The van der Waals surface area contributed by atoms with Crippen LogP contribution in [0.2, 0.25) is 0 Å². The van der Waals surface area contributed by atoms with Crippen molar-refractivity contribution in [2.24, 2.45) is 0 Å². The molecule has 0 saturated carbocycles. The Labute approximate surface area is 172 Å². The number of fused-ring (bicyclic) bond motifs is 1. The molecule has 0 bridgehead atoms. The maximum Gasteiger partial charge on any atom is 0.417 e. The van der Waals surface area contributed by atoms with Gasteiger partial charge in [-0.05, 0) is 51.8 Å². The van der Waals surface area contributed by atoms with Gasteiger partial charge in [-0.3, -0.25) is 19.5 Å². The molecular formula is C20H26N4O6. The molecule has 3 amide bonds. The highest BCUT2D eigenvalue weighted by Gasteiger charge is 2.36. The minimum absolute atomic E-state index is 0.0604. The van der Waals surface area contributed by atoms with E-state index < -0.39 is 23.5 Å². The predicted octanol–water partition coefficient (Wildman–Crippen LogP) is 1.97. The summed E-state index contributed by atoms with van der Waals surface area (Å²) in [5.74, 6) is -1.16. The molecule has 1 aliphatic rings. The number of ether oxygens (including phenoxy) is 1. The van der Waals surface area contributed by atoms with Gasteiger partial charge in [0.25, 0.3) is 0 Å². The van der Waals surface area contributed by atoms with Crippen LogP contribution in [0.5, 0.6) is 0 Å². The number of amides is 3. The Bertz CT molecular complexity index is 1000. The fourth-order valence-electron chi connectivity index (χ4n) is 3.25. The summed E-state index contributed by atoms with van der Waals surface area (Å²) in [5, 5.41) is 5.41. The number of hydrogen-bond donors (Lipinski definition) is 3. The quantitative estimate of drug-likeness (QED) is 0.680. The molecule has 0 aliphatic carbocycles. The minimum Gasteiger partial charge on any atom is -0.444 e. The summed E-state index contributed by atoms with van der Waals surface area (Å²) >= 11 is 0.